The number of hydrogen-bond acceptors (Lipinski definition) is 9. The highest BCUT2D eigenvalue weighted by molar-refractivity contribution is 9.10. The second kappa shape index (κ2) is 11.6. The molecule has 1 unspecified atom stereocenters. The SMILES string of the molecule is Cc1ncnc(C(=O)N2CCC3(CCCc4c3c(=O)n3nc(Br)nc3n4CC(O)Nc3ccc(C(F)(F)F)cc3Cl)CC2)c1O. The van der Waals surface area contributed by atoms with Gasteiger partial charge in [0.2, 0.25) is 10.5 Å². The average molecular weight is 712 g/mol. The lowest BCUT2D eigenvalue weighted by atomic mass is 9.66. The van der Waals surface area contributed by atoms with Gasteiger partial charge in [-0.05, 0) is 73.2 Å². The largest absolute Gasteiger partial charge is 0.504 e. The number of hydrogen-bond donors (Lipinski definition) is 3. The van der Waals surface area contributed by atoms with E-state index < -0.39 is 29.3 Å². The number of benzene rings is 1. The van der Waals surface area contributed by atoms with Crippen molar-refractivity contribution in [3.05, 3.63) is 72.8 Å². The van der Waals surface area contributed by atoms with Crippen molar-refractivity contribution in [2.45, 2.75) is 63.4 Å². The highest BCUT2D eigenvalue weighted by Crippen LogP contribution is 2.44. The zero-order chi connectivity index (χ0) is 32.3. The van der Waals surface area contributed by atoms with Crippen LogP contribution in [0.1, 0.15) is 58.7 Å². The van der Waals surface area contributed by atoms with Crippen LogP contribution in [0.25, 0.3) is 5.78 Å². The predicted octanol–water partition coefficient (Wildman–Crippen LogP) is 4.07. The van der Waals surface area contributed by atoms with Gasteiger partial charge in [0.05, 0.1) is 28.5 Å². The molecule has 1 atom stereocenters. The number of carbonyl (C=O) groups excluding carboxylic acids is 1. The first kappa shape index (κ1) is 31.2. The van der Waals surface area contributed by atoms with Crippen molar-refractivity contribution in [1.29, 1.82) is 0 Å². The number of rotatable bonds is 5. The normalized spacial score (nSPS) is 17.0. The van der Waals surface area contributed by atoms with Crippen molar-refractivity contribution in [2.75, 3.05) is 18.4 Å². The fraction of sp³-hybridized carbons (Fsp3) is 0.429. The van der Waals surface area contributed by atoms with Gasteiger partial charge in [-0.1, -0.05) is 11.6 Å². The molecule has 45 heavy (non-hydrogen) atoms. The Bertz CT molecular complexity index is 1870. The summed E-state index contributed by atoms with van der Waals surface area (Å²) in [6.45, 7) is 2.09. The van der Waals surface area contributed by atoms with E-state index in [1.54, 1.807) is 16.4 Å². The molecule has 2 aliphatic rings. The fourth-order valence-corrected chi connectivity index (χ4v) is 6.95. The number of aliphatic hydroxyl groups is 1. The Morgan fingerprint density at radius 1 is 1.22 bits per heavy atom. The van der Waals surface area contributed by atoms with Gasteiger partial charge in [0.15, 0.2) is 11.4 Å². The minimum absolute atomic E-state index is 0.0753. The number of aromatic hydroxyl groups is 1. The first-order chi connectivity index (χ1) is 21.3. The molecule has 3 aromatic heterocycles. The molecule has 4 aromatic rings. The van der Waals surface area contributed by atoms with Crippen LogP contribution in [0.2, 0.25) is 5.02 Å². The summed E-state index contributed by atoms with van der Waals surface area (Å²) in [7, 11) is 0. The Labute approximate surface area is 267 Å². The van der Waals surface area contributed by atoms with E-state index in [1.165, 1.54) is 10.8 Å². The van der Waals surface area contributed by atoms with Gasteiger partial charge < -0.3 is 25.0 Å². The molecule has 1 amide bonds. The number of piperidine rings is 1. The summed E-state index contributed by atoms with van der Waals surface area (Å²) >= 11 is 9.34. The Morgan fingerprint density at radius 2 is 1.96 bits per heavy atom. The molecular weight excluding hydrogens is 685 g/mol. The van der Waals surface area contributed by atoms with Gasteiger partial charge in [0.1, 0.15) is 12.6 Å². The smallest absolute Gasteiger partial charge is 0.416 e. The molecule has 1 aliphatic heterocycles. The molecule has 238 valence electrons. The number of aryl methyl sites for hydroxylation is 1. The van der Waals surface area contributed by atoms with Gasteiger partial charge in [-0.15, -0.1) is 5.10 Å². The van der Waals surface area contributed by atoms with Crippen LogP contribution in [0.4, 0.5) is 18.9 Å². The summed E-state index contributed by atoms with van der Waals surface area (Å²) < 4.78 is 42.3. The lowest BCUT2D eigenvalue weighted by Gasteiger charge is -2.45. The zero-order valence-electron chi connectivity index (χ0n) is 23.8. The van der Waals surface area contributed by atoms with Crippen LogP contribution in [0.15, 0.2) is 34.1 Å². The van der Waals surface area contributed by atoms with E-state index in [1.807, 2.05) is 0 Å². The third-order valence-electron chi connectivity index (χ3n) is 8.62. The van der Waals surface area contributed by atoms with Crippen LogP contribution >= 0.6 is 27.5 Å². The fourth-order valence-electron chi connectivity index (χ4n) is 6.40. The minimum atomic E-state index is -4.57. The molecule has 6 rings (SSSR count). The zero-order valence-corrected chi connectivity index (χ0v) is 26.1. The molecule has 1 spiro atoms. The molecule has 1 aliphatic carbocycles. The Morgan fingerprint density at radius 3 is 2.64 bits per heavy atom. The molecule has 12 nitrogen and oxygen atoms in total. The summed E-state index contributed by atoms with van der Waals surface area (Å²) in [5, 5.41) is 28.2. The maximum Gasteiger partial charge on any atom is 0.416 e. The molecular formula is C28H27BrClF3N8O4. The van der Waals surface area contributed by atoms with Crippen molar-refractivity contribution in [2.24, 2.45) is 0 Å². The summed E-state index contributed by atoms with van der Waals surface area (Å²) in [6.07, 6.45) is -1.80. The van der Waals surface area contributed by atoms with Gasteiger partial charge in [0.25, 0.3) is 11.5 Å². The number of nitrogens with one attached hydrogen (secondary N) is 1. The first-order valence-corrected chi connectivity index (χ1v) is 15.3. The second-order valence-corrected chi connectivity index (χ2v) is 12.4. The summed E-state index contributed by atoms with van der Waals surface area (Å²) in [4.78, 5) is 41.1. The maximum absolute atomic E-state index is 14.0. The molecule has 3 N–H and O–H groups in total. The molecule has 4 heterocycles. The molecule has 1 saturated heterocycles. The summed E-state index contributed by atoms with van der Waals surface area (Å²) in [5.74, 6) is -0.505. The lowest BCUT2D eigenvalue weighted by molar-refractivity contribution is -0.137. The molecule has 0 bridgehead atoms. The topological polar surface area (TPSA) is 151 Å². The predicted molar refractivity (Wildman–Crippen MR) is 159 cm³/mol. The average Bonchev–Trinajstić information content (AvgIpc) is 3.39. The summed E-state index contributed by atoms with van der Waals surface area (Å²) in [5.41, 5.74) is -0.325. The number of likely N-dealkylation sites (tertiary alicyclic amines) is 1. The van der Waals surface area contributed by atoms with Crippen molar-refractivity contribution >= 4 is 44.9 Å². The Kier molecular flexibility index (Phi) is 8.02. The standard InChI is InChI=1S/C28H27BrClF3N8O4/c1-14-22(43)21(35-13-34-14)24(45)39-9-7-27(8-10-39)6-2-3-18-20(27)23(44)41-26(37-25(29)38-41)40(18)12-19(42)36-17-5-4-15(11-16(17)30)28(31,32)33/h4-5,11,13,19,36,42-43H,2-3,6-10,12H2,1H3. The summed E-state index contributed by atoms with van der Waals surface area (Å²) in [6, 6.07) is 2.79. The van der Waals surface area contributed by atoms with E-state index in [9.17, 15) is 33.0 Å². The highest BCUT2D eigenvalue weighted by atomic mass is 79.9. The number of aliphatic hydroxyl groups excluding tert-OH is 1. The van der Waals surface area contributed by atoms with Crippen LogP contribution < -0.4 is 10.9 Å². The van der Waals surface area contributed by atoms with Gasteiger partial charge in [-0.3, -0.25) is 9.59 Å². The van der Waals surface area contributed by atoms with Gasteiger partial charge in [-0.2, -0.15) is 22.7 Å². The Balaban J connectivity index is 1.32. The van der Waals surface area contributed by atoms with E-state index in [-0.39, 0.29) is 44.8 Å². The van der Waals surface area contributed by atoms with Crippen LogP contribution in [-0.2, 0) is 24.6 Å². The van der Waals surface area contributed by atoms with Gasteiger partial charge >= 0.3 is 6.18 Å². The first-order valence-electron chi connectivity index (χ1n) is 14.1. The molecule has 17 heteroatoms. The molecule has 1 fully saturated rings. The number of halogens is 5. The molecule has 0 saturated carbocycles. The maximum atomic E-state index is 14.0. The van der Waals surface area contributed by atoms with Gasteiger partial charge in [0, 0.05) is 29.8 Å². The van der Waals surface area contributed by atoms with E-state index in [0.29, 0.717) is 55.7 Å². The minimum Gasteiger partial charge on any atom is -0.504 e. The van der Waals surface area contributed by atoms with E-state index >= 15 is 0 Å². The lowest BCUT2D eigenvalue weighted by Crippen LogP contribution is -2.50. The van der Waals surface area contributed by atoms with Gasteiger partial charge in [-0.25, -0.2) is 9.97 Å². The number of fused-ring (bicyclic) bond motifs is 3. The van der Waals surface area contributed by atoms with E-state index in [2.05, 4.69) is 41.3 Å². The number of carbonyl (C=O) groups is 1. The van der Waals surface area contributed by atoms with E-state index in [4.69, 9.17) is 11.6 Å². The monoisotopic (exact) mass is 710 g/mol. The number of amides is 1. The number of anilines is 1. The quantitative estimate of drug-likeness (QED) is 0.261. The number of alkyl halides is 3. The van der Waals surface area contributed by atoms with Crippen molar-refractivity contribution < 1.29 is 28.2 Å². The second-order valence-electron chi connectivity index (χ2n) is 11.3. The van der Waals surface area contributed by atoms with Crippen LogP contribution in [0.5, 0.6) is 5.75 Å². The van der Waals surface area contributed by atoms with E-state index in [0.717, 1.165) is 24.6 Å². The van der Waals surface area contributed by atoms with Crippen molar-refractivity contribution in [3.63, 3.8) is 0 Å². The van der Waals surface area contributed by atoms with Crippen molar-refractivity contribution in [1.82, 2.24) is 34.0 Å². The highest BCUT2D eigenvalue weighted by Gasteiger charge is 2.44. The Hall–Kier alpha value is -3.76. The van der Waals surface area contributed by atoms with Crippen molar-refractivity contribution in [3.8, 4) is 5.75 Å². The molecule has 0 radical (unpaired) electrons. The molecule has 1 aromatic carbocycles. The third kappa shape index (κ3) is 5.63. The van der Waals surface area contributed by atoms with Crippen LogP contribution in [0, 0.1) is 6.92 Å². The van der Waals surface area contributed by atoms with Crippen LogP contribution in [-0.4, -0.2) is 69.5 Å². The van der Waals surface area contributed by atoms with Crippen LogP contribution in [0.3, 0.4) is 0 Å². The third-order valence-corrected chi connectivity index (χ3v) is 9.26. The number of nitrogens with zero attached hydrogens (tertiary/aromatic N) is 7. The number of aromatic nitrogens is 6.